The first kappa shape index (κ1) is 15.6. The maximum Gasteiger partial charge on any atom is 0.182 e. The van der Waals surface area contributed by atoms with Crippen LogP contribution < -0.4 is 0 Å². The van der Waals surface area contributed by atoms with E-state index < -0.39 is 17.4 Å². The van der Waals surface area contributed by atoms with E-state index in [1.807, 2.05) is 13.1 Å². The molecule has 1 N–H and O–H groups in total. The Kier molecular flexibility index (Phi) is 6.58. The average molecular weight is 265 g/mol. The van der Waals surface area contributed by atoms with Crippen LogP contribution in [0.5, 0.6) is 0 Å². The molecule has 2 nitrogen and oxygen atoms in total. The summed E-state index contributed by atoms with van der Waals surface area (Å²) in [5.74, 6) is 0. The van der Waals surface area contributed by atoms with E-state index in [2.05, 4.69) is 26.9 Å². The lowest BCUT2D eigenvalue weighted by Gasteiger charge is -2.31. The van der Waals surface area contributed by atoms with Crippen LogP contribution in [0.15, 0.2) is 0 Å². The van der Waals surface area contributed by atoms with E-state index >= 15 is 0 Å². The van der Waals surface area contributed by atoms with E-state index in [-0.39, 0.29) is 14.7 Å². The minimum absolute atomic E-state index is 0.194. The Morgan fingerprint density at radius 3 is 2.27 bits per heavy atom. The normalized spacial score (nSPS) is 17.6. The third-order valence-corrected chi connectivity index (χ3v) is 8.85. The van der Waals surface area contributed by atoms with Gasteiger partial charge < -0.3 is 9.22 Å². The molecule has 0 aromatic carbocycles. The van der Waals surface area contributed by atoms with Crippen LogP contribution in [0.25, 0.3) is 0 Å². The smallest absolute Gasteiger partial charge is 0.182 e. The van der Waals surface area contributed by atoms with E-state index in [0.29, 0.717) is 0 Å². The van der Waals surface area contributed by atoms with E-state index in [1.165, 1.54) is 6.04 Å². The molecule has 0 aromatic heterocycles. The summed E-state index contributed by atoms with van der Waals surface area (Å²) in [4.78, 5) is 9.80. The summed E-state index contributed by atoms with van der Waals surface area (Å²) in [6.07, 6.45) is 1.14. The lowest BCUT2D eigenvalue weighted by atomic mass is 10.3. The van der Waals surface area contributed by atoms with Gasteiger partial charge in [-0.3, -0.25) is 0 Å². The van der Waals surface area contributed by atoms with Crippen molar-refractivity contribution < 1.29 is 9.22 Å². The van der Waals surface area contributed by atoms with Crippen LogP contribution in [0.3, 0.4) is 0 Å². The molecule has 92 valence electrons. The Labute approximate surface area is 100 Å². The second-order valence-corrected chi connectivity index (χ2v) is 14.8. The molecule has 1 atom stereocenters. The third-order valence-electron chi connectivity index (χ3n) is 2.76. The molecule has 0 rings (SSSR count). The lowest BCUT2D eigenvalue weighted by molar-refractivity contribution is 0.170. The van der Waals surface area contributed by atoms with Crippen molar-refractivity contribution >= 4 is 26.9 Å². The van der Waals surface area contributed by atoms with Crippen LogP contribution in [0.1, 0.15) is 20.3 Å². The monoisotopic (exact) mass is 264 g/mol. The third kappa shape index (κ3) is 8.39. The van der Waals surface area contributed by atoms with Gasteiger partial charge in [0.25, 0.3) is 0 Å². The largest absolute Gasteiger partial charge is 0.432 e. The highest BCUT2D eigenvalue weighted by Gasteiger charge is 2.26. The molecule has 15 heavy (non-hydrogen) atoms. The van der Waals surface area contributed by atoms with Crippen molar-refractivity contribution in [2.75, 3.05) is 0 Å². The van der Waals surface area contributed by atoms with E-state index in [4.69, 9.17) is 4.43 Å². The van der Waals surface area contributed by atoms with Crippen molar-refractivity contribution in [1.29, 1.82) is 0 Å². The van der Waals surface area contributed by atoms with E-state index in [9.17, 15) is 4.80 Å². The van der Waals surface area contributed by atoms with Crippen LogP contribution >= 0.6 is 0 Å². The summed E-state index contributed by atoms with van der Waals surface area (Å²) >= 11 is 0. The Morgan fingerprint density at radius 1 is 1.40 bits per heavy atom. The molecule has 0 aliphatic heterocycles. The molecule has 0 amide bonds. The SMILES string of the molecule is CC[C@@](C)(O[SiH](C)C)[SiH2]CC[Si](C)(C)O. The molecule has 0 saturated carbocycles. The topological polar surface area (TPSA) is 29.5 Å². The average Bonchev–Trinajstić information content (AvgIpc) is 2.00. The highest BCUT2D eigenvalue weighted by Crippen LogP contribution is 2.19. The second kappa shape index (κ2) is 6.34. The van der Waals surface area contributed by atoms with Gasteiger partial charge in [-0.2, -0.15) is 0 Å². The van der Waals surface area contributed by atoms with Gasteiger partial charge in [0.1, 0.15) is 0 Å². The molecule has 0 spiro atoms. The number of hydrogen-bond acceptors (Lipinski definition) is 2. The molecule has 0 unspecified atom stereocenters. The molecule has 0 bridgehead atoms. The first-order valence-electron chi connectivity index (χ1n) is 6.09. The summed E-state index contributed by atoms with van der Waals surface area (Å²) in [7, 11) is -2.94. The van der Waals surface area contributed by atoms with Crippen LogP contribution in [0.4, 0.5) is 0 Å². The highest BCUT2D eigenvalue weighted by molar-refractivity contribution is 6.70. The zero-order valence-electron chi connectivity index (χ0n) is 11.3. The Hall–Kier alpha value is 0.571. The van der Waals surface area contributed by atoms with Gasteiger partial charge in [0, 0.05) is 5.22 Å². The van der Waals surface area contributed by atoms with Crippen molar-refractivity contribution in [3.8, 4) is 0 Å². The molecule has 0 aliphatic rings. The van der Waals surface area contributed by atoms with Gasteiger partial charge in [0.15, 0.2) is 17.4 Å². The fraction of sp³-hybridized carbons (Fsp3) is 1.00. The number of rotatable bonds is 7. The Morgan fingerprint density at radius 2 is 1.93 bits per heavy atom. The van der Waals surface area contributed by atoms with Crippen molar-refractivity contribution in [2.24, 2.45) is 0 Å². The van der Waals surface area contributed by atoms with Crippen molar-refractivity contribution in [2.45, 2.75) is 63.8 Å². The predicted molar refractivity (Wildman–Crippen MR) is 76.5 cm³/mol. The summed E-state index contributed by atoms with van der Waals surface area (Å²) in [6.45, 7) is 13.1. The first-order chi connectivity index (χ1) is 6.68. The molecule has 0 aliphatic carbocycles. The van der Waals surface area contributed by atoms with Crippen LogP contribution in [0.2, 0.25) is 38.3 Å². The van der Waals surface area contributed by atoms with Gasteiger partial charge in [-0.15, -0.1) is 0 Å². The quantitative estimate of drug-likeness (QED) is 0.712. The van der Waals surface area contributed by atoms with Gasteiger partial charge in [-0.1, -0.05) is 13.0 Å². The summed E-state index contributed by atoms with van der Waals surface area (Å²) < 4.78 is 6.14. The second-order valence-electron chi connectivity index (χ2n) is 5.64. The zero-order chi connectivity index (χ0) is 12.1. The van der Waals surface area contributed by atoms with Crippen molar-refractivity contribution in [1.82, 2.24) is 0 Å². The van der Waals surface area contributed by atoms with Crippen LogP contribution in [-0.4, -0.2) is 36.9 Å². The predicted octanol–water partition coefficient (Wildman–Crippen LogP) is 1.90. The van der Waals surface area contributed by atoms with E-state index in [1.54, 1.807) is 0 Å². The molecular formula is C10H28O2Si3. The van der Waals surface area contributed by atoms with Gasteiger partial charge in [-0.05, 0) is 45.6 Å². The minimum atomic E-state index is -1.82. The molecule has 5 heteroatoms. The summed E-state index contributed by atoms with van der Waals surface area (Å²) in [5.41, 5.74) is 0. The first-order valence-corrected chi connectivity index (χ1v) is 13.7. The Balaban J connectivity index is 3.99. The van der Waals surface area contributed by atoms with Crippen molar-refractivity contribution in [3.05, 3.63) is 0 Å². The van der Waals surface area contributed by atoms with Gasteiger partial charge in [0.05, 0.1) is 9.52 Å². The van der Waals surface area contributed by atoms with E-state index in [0.717, 1.165) is 12.5 Å². The zero-order valence-corrected chi connectivity index (χ0v) is 14.8. The molecule has 0 aromatic rings. The van der Waals surface area contributed by atoms with Crippen LogP contribution in [-0.2, 0) is 4.43 Å². The lowest BCUT2D eigenvalue weighted by Crippen LogP contribution is -2.39. The fourth-order valence-corrected chi connectivity index (χ4v) is 9.83. The number of hydrogen-bond donors (Lipinski definition) is 1. The highest BCUT2D eigenvalue weighted by atomic mass is 28.4. The van der Waals surface area contributed by atoms with Gasteiger partial charge in [-0.25, -0.2) is 0 Å². The Bertz CT molecular complexity index is 180. The van der Waals surface area contributed by atoms with Gasteiger partial charge >= 0.3 is 0 Å². The maximum absolute atomic E-state index is 9.80. The molecular weight excluding hydrogens is 236 g/mol. The standard InChI is InChI=1S/C10H28O2Si3/c1-7-10(2,12-14(3)4)13-8-9-15(5,6)11/h11,14H,7-9,13H2,1-6H3/t10-/m0/s1. The molecule has 0 radical (unpaired) electrons. The van der Waals surface area contributed by atoms with Gasteiger partial charge in [0.2, 0.25) is 0 Å². The molecule has 0 fully saturated rings. The van der Waals surface area contributed by atoms with Crippen molar-refractivity contribution in [3.63, 3.8) is 0 Å². The van der Waals surface area contributed by atoms with Crippen LogP contribution in [0, 0.1) is 0 Å². The summed E-state index contributed by atoms with van der Waals surface area (Å²) in [6, 6.07) is 2.29. The maximum atomic E-state index is 9.80. The molecule has 0 saturated heterocycles. The minimum Gasteiger partial charge on any atom is -0.432 e. The summed E-state index contributed by atoms with van der Waals surface area (Å²) in [5, 5.41) is 0.194. The molecule has 0 heterocycles. The fourth-order valence-electron chi connectivity index (χ4n) is 1.78.